The minimum atomic E-state index is -4.74. The summed E-state index contributed by atoms with van der Waals surface area (Å²) in [5.41, 5.74) is -0.777. The number of alkyl halides is 3. The van der Waals surface area contributed by atoms with Crippen LogP contribution in [-0.4, -0.2) is 33.1 Å². The van der Waals surface area contributed by atoms with Crippen LogP contribution in [-0.2, 0) is 10.9 Å². The van der Waals surface area contributed by atoms with Gasteiger partial charge in [-0.05, 0) is 25.1 Å². The van der Waals surface area contributed by atoms with Crippen molar-refractivity contribution in [2.45, 2.75) is 13.1 Å². The number of hydrogen-bond donors (Lipinski definition) is 1. The molecular formula is C23H17F3N4O3. The SMILES string of the molecule is CCOC(=O)c1ccccc1NC(=O)c1cnn2c(C(F)(F)F)cc(-c3ccccc3)nc12. The molecule has 0 saturated heterocycles. The quantitative estimate of drug-likeness (QED) is 0.436. The molecule has 1 N–H and O–H groups in total. The molecule has 0 fully saturated rings. The Kier molecular flexibility index (Phi) is 5.82. The molecule has 168 valence electrons. The van der Waals surface area contributed by atoms with Crippen LogP contribution in [0.3, 0.4) is 0 Å². The summed E-state index contributed by atoms with van der Waals surface area (Å²) in [6.45, 7) is 1.79. The van der Waals surface area contributed by atoms with Crippen molar-refractivity contribution >= 4 is 23.2 Å². The van der Waals surface area contributed by atoms with Crippen molar-refractivity contribution < 1.29 is 27.5 Å². The van der Waals surface area contributed by atoms with Crippen LogP contribution in [0.4, 0.5) is 18.9 Å². The van der Waals surface area contributed by atoms with Crippen LogP contribution in [0.25, 0.3) is 16.9 Å². The molecule has 1 amide bonds. The summed E-state index contributed by atoms with van der Waals surface area (Å²) in [6.07, 6.45) is -3.73. The summed E-state index contributed by atoms with van der Waals surface area (Å²) in [6, 6.07) is 15.3. The average molecular weight is 454 g/mol. The maximum absolute atomic E-state index is 13.7. The van der Waals surface area contributed by atoms with Crippen LogP contribution < -0.4 is 5.32 Å². The van der Waals surface area contributed by atoms with E-state index in [1.807, 2.05) is 0 Å². The number of ether oxygens (including phenoxy) is 1. The number of amides is 1. The van der Waals surface area contributed by atoms with Gasteiger partial charge in [0.05, 0.1) is 29.7 Å². The van der Waals surface area contributed by atoms with Crippen molar-refractivity contribution in [2.75, 3.05) is 11.9 Å². The maximum atomic E-state index is 13.7. The zero-order valence-corrected chi connectivity index (χ0v) is 17.3. The summed E-state index contributed by atoms with van der Waals surface area (Å²) in [5.74, 6) is -1.41. The van der Waals surface area contributed by atoms with Crippen LogP contribution in [0, 0.1) is 0 Å². The molecular weight excluding hydrogens is 437 g/mol. The molecule has 0 saturated carbocycles. The highest BCUT2D eigenvalue weighted by Gasteiger charge is 2.36. The molecule has 0 radical (unpaired) electrons. The molecule has 2 aromatic carbocycles. The fraction of sp³-hybridized carbons (Fsp3) is 0.130. The average Bonchev–Trinajstić information content (AvgIpc) is 3.23. The van der Waals surface area contributed by atoms with Gasteiger partial charge in [-0.3, -0.25) is 4.79 Å². The third kappa shape index (κ3) is 4.40. The highest BCUT2D eigenvalue weighted by atomic mass is 19.4. The normalized spacial score (nSPS) is 11.4. The van der Waals surface area contributed by atoms with Crippen molar-refractivity contribution in [2.24, 2.45) is 0 Å². The molecule has 4 rings (SSSR count). The Balaban J connectivity index is 1.80. The van der Waals surface area contributed by atoms with Crippen molar-refractivity contribution in [1.82, 2.24) is 14.6 Å². The number of halogens is 3. The monoisotopic (exact) mass is 454 g/mol. The molecule has 2 aromatic heterocycles. The second-order valence-corrected chi connectivity index (χ2v) is 6.90. The molecule has 4 aromatic rings. The van der Waals surface area contributed by atoms with Gasteiger partial charge in [0.1, 0.15) is 5.56 Å². The Morgan fingerprint density at radius 1 is 1.03 bits per heavy atom. The molecule has 7 nitrogen and oxygen atoms in total. The van der Waals surface area contributed by atoms with E-state index in [0.29, 0.717) is 10.1 Å². The third-order valence-corrected chi connectivity index (χ3v) is 4.75. The Bertz CT molecular complexity index is 1330. The molecule has 0 aliphatic carbocycles. The molecule has 0 bridgehead atoms. The topological polar surface area (TPSA) is 85.6 Å². The van der Waals surface area contributed by atoms with E-state index in [1.54, 1.807) is 49.4 Å². The van der Waals surface area contributed by atoms with Gasteiger partial charge >= 0.3 is 12.1 Å². The minimum absolute atomic E-state index is 0.0388. The van der Waals surface area contributed by atoms with Gasteiger partial charge in [-0.1, -0.05) is 42.5 Å². The first-order valence-corrected chi connectivity index (χ1v) is 9.88. The molecule has 10 heteroatoms. The zero-order chi connectivity index (χ0) is 23.6. The number of anilines is 1. The van der Waals surface area contributed by atoms with Crippen LogP contribution in [0.15, 0.2) is 66.9 Å². The first-order valence-electron chi connectivity index (χ1n) is 9.88. The number of aromatic nitrogens is 3. The van der Waals surface area contributed by atoms with Crippen LogP contribution >= 0.6 is 0 Å². The first-order chi connectivity index (χ1) is 15.8. The van der Waals surface area contributed by atoms with E-state index in [0.717, 1.165) is 12.3 Å². The number of benzene rings is 2. The summed E-state index contributed by atoms with van der Waals surface area (Å²) < 4.78 is 46.8. The lowest BCUT2D eigenvalue weighted by Gasteiger charge is -2.12. The first kappa shape index (κ1) is 22.0. The number of fused-ring (bicyclic) bond motifs is 1. The molecule has 0 unspecified atom stereocenters. The lowest BCUT2D eigenvalue weighted by Crippen LogP contribution is -2.17. The molecule has 0 spiro atoms. The molecule has 0 atom stereocenters. The summed E-state index contributed by atoms with van der Waals surface area (Å²) in [7, 11) is 0. The summed E-state index contributed by atoms with van der Waals surface area (Å²) in [5, 5.41) is 6.30. The zero-order valence-electron chi connectivity index (χ0n) is 17.3. The van der Waals surface area contributed by atoms with Gasteiger partial charge in [-0.25, -0.2) is 14.3 Å². The highest BCUT2D eigenvalue weighted by molar-refractivity contribution is 6.10. The number of nitrogens with one attached hydrogen (secondary N) is 1. The van der Waals surface area contributed by atoms with Crippen LogP contribution in [0.1, 0.15) is 33.3 Å². The van der Waals surface area contributed by atoms with Crippen molar-refractivity contribution in [3.63, 3.8) is 0 Å². The fourth-order valence-corrected chi connectivity index (χ4v) is 3.25. The van der Waals surface area contributed by atoms with Crippen molar-refractivity contribution in [1.29, 1.82) is 0 Å². The Morgan fingerprint density at radius 2 is 1.73 bits per heavy atom. The standard InChI is InChI=1S/C23H17F3N4O3/c1-2-33-22(32)15-10-6-7-11-17(15)29-21(31)16-13-27-30-19(23(24,25)26)12-18(28-20(16)30)14-8-4-3-5-9-14/h3-13H,2H2,1H3,(H,29,31). The molecule has 0 aliphatic heterocycles. The molecule has 2 heterocycles. The maximum Gasteiger partial charge on any atom is 0.433 e. The van der Waals surface area contributed by atoms with Crippen LogP contribution in [0.5, 0.6) is 0 Å². The van der Waals surface area contributed by atoms with E-state index in [4.69, 9.17) is 4.74 Å². The number of esters is 1. The Hall–Kier alpha value is -4.21. The van der Waals surface area contributed by atoms with Gasteiger partial charge in [0.2, 0.25) is 0 Å². The second kappa shape index (κ2) is 8.73. The third-order valence-electron chi connectivity index (χ3n) is 4.75. The van der Waals surface area contributed by atoms with Gasteiger partial charge in [-0.15, -0.1) is 0 Å². The molecule has 33 heavy (non-hydrogen) atoms. The van der Waals surface area contributed by atoms with Gasteiger partial charge in [0, 0.05) is 5.56 Å². The van der Waals surface area contributed by atoms with E-state index in [-0.39, 0.29) is 34.8 Å². The predicted octanol–water partition coefficient (Wildman–Crippen LogP) is 4.84. The summed E-state index contributed by atoms with van der Waals surface area (Å²) in [4.78, 5) is 29.4. The van der Waals surface area contributed by atoms with E-state index in [1.165, 1.54) is 12.1 Å². The van der Waals surface area contributed by atoms with Gasteiger partial charge in [-0.2, -0.15) is 18.3 Å². The van der Waals surface area contributed by atoms with Gasteiger partial charge < -0.3 is 10.1 Å². The van der Waals surface area contributed by atoms with Crippen LogP contribution in [0.2, 0.25) is 0 Å². The van der Waals surface area contributed by atoms with Gasteiger partial charge in [0.15, 0.2) is 11.3 Å². The van der Waals surface area contributed by atoms with E-state index >= 15 is 0 Å². The number of rotatable bonds is 5. The van der Waals surface area contributed by atoms with Crippen molar-refractivity contribution in [3.8, 4) is 11.3 Å². The smallest absolute Gasteiger partial charge is 0.433 e. The van der Waals surface area contributed by atoms with Crippen molar-refractivity contribution in [3.05, 3.63) is 83.7 Å². The lowest BCUT2D eigenvalue weighted by atomic mass is 10.1. The Labute approximate surface area is 185 Å². The lowest BCUT2D eigenvalue weighted by molar-refractivity contribution is -0.142. The largest absolute Gasteiger partial charge is 0.462 e. The Morgan fingerprint density at radius 3 is 2.42 bits per heavy atom. The van der Waals surface area contributed by atoms with E-state index in [9.17, 15) is 22.8 Å². The summed E-state index contributed by atoms with van der Waals surface area (Å²) >= 11 is 0. The van der Waals surface area contributed by atoms with E-state index < -0.39 is 23.7 Å². The molecule has 0 aliphatic rings. The highest BCUT2D eigenvalue weighted by Crippen LogP contribution is 2.33. The second-order valence-electron chi connectivity index (χ2n) is 6.90. The number of nitrogens with zero attached hydrogens (tertiary/aromatic N) is 3. The van der Waals surface area contributed by atoms with E-state index in [2.05, 4.69) is 15.4 Å². The number of carbonyl (C=O) groups excluding carboxylic acids is 2. The number of para-hydroxylation sites is 1. The fourth-order valence-electron chi connectivity index (χ4n) is 3.25. The number of carbonyl (C=O) groups is 2. The number of hydrogen-bond acceptors (Lipinski definition) is 5. The predicted molar refractivity (Wildman–Crippen MR) is 114 cm³/mol. The minimum Gasteiger partial charge on any atom is -0.462 e. The van der Waals surface area contributed by atoms with Gasteiger partial charge in [0.25, 0.3) is 5.91 Å².